The zero-order chi connectivity index (χ0) is 11.5. The molecular formula is C14H26N2. The Bertz CT molecular complexity index is 233. The predicted molar refractivity (Wildman–Crippen MR) is 69.5 cm³/mol. The largest absolute Gasteiger partial charge is 0.311 e. The molecule has 1 N–H and O–H groups in total. The van der Waals surface area contributed by atoms with E-state index in [1.807, 2.05) is 6.08 Å². The highest BCUT2D eigenvalue weighted by Gasteiger charge is 2.37. The van der Waals surface area contributed by atoms with Crippen molar-refractivity contribution in [3.63, 3.8) is 0 Å². The van der Waals surface area contributed by atoms with Gasteiger partial charge in [-0.15, -0.1) is 6.58 Å². The normalized spacial score (nSPS) is 31.9. The van der Waals surface area contributed by atoms with Crippen LogP contribution in [0.2, 0.25) is 0 Å². The van der Waals surface area contributed by atoms with E-state index in [0.29, 0.717) is 0 Å². The van der Waals surface area contributed by atoms with Crippen LogP contribution in [-0.2, 0) is 0 Å². The first-order valence-electron chi connectivity index (χ1n) is 6.80. The second-order valence-electron chi connectivity index (χ2n) is 5.74. The first-order chi connectivity index (χ1) is 7.72. The molecule has 1 saturated carbocycles. The van der Waals surface area contributed by atoms with Crippen molar-refractivity contribution in [1.82, 2.24) is 10.2 Å². The minimum Gasteiger partial charge on any atom is -0.311 e. The zero-order valence-corrected chi connectivity index (χ0v) is 10.8. The summed E-state index contributed by atoms with van der Waals surface area (Å²) in [6.07, 6.45) is 6.06. The third-order valence-electron chi connectivity index (χ3n) is 4.07. The summed E-state index contributed by atoms with van der Waals surface area (Å²) in [5.74, 6) is 1.72. The second kappa shape index (κ2) is 5.33. The lowest BCUT2D eigenvalue weighted by molar-refractivity contribution is 0.0942. The van der Waals surface area contributed by atoms with E-state index in [-0.39, 0.29) is 0 Å². The molecule has 2 heteroatoms. The minimum absolute atomic E-state index is 0.718. The molecule has 0 aromatic heterocycles. The summed E-state index contributed by atoms with van der Waals surface area (Å²) in [5, 5.41) is 3.75. The molecule has 0 radical (unpaired) electrons. The quantitative estimate of drug-likeness (QED) is 0.718. The summed E-state index contributed by atoms with van der Waals surface area (Å²) >= 11 is 0. The van der Waals surface area contributed by atoms with Gasteiger partial charge in [0.15, 0.2) is 0 Å². The van der Waals surface area contributed by atoms with Gasteiger partial charge in [0.25, 0.3) is 0 Å². The molecule has 2 rings (SSSR count). The van der Waals surface area contributed by atoms with Crippen LogP contribution >= 0.6 is 0 Å². The van der Waals surface area contributed by atoms with Gasteiger partial charge in [-0.3, -0.25) is 4.90 Å². The summed E-state index contributed by atoms with van der Waals surface area (Å²) in [6.45, 7) is 12.1. The Morgan fingerprint density at radius 1 is 1.44 bits per heavy atom. The van der Waals surface area contributed by atoms with Gasteiger partial charge >= 0.3 is 0 Å². The van der Waals surface area contributed by atoms with Gasteiger partial charge in [-0.2, -0.15) is 0 Å². The second-order valence-corrected chi connectivity index (χ2v) is 5.74. The van der Waals surface area contributed by atoms with Crippen LogP contribution < -0.4 is 5.32 Å². The fraction of sp³-hybridized carbons (Fsp3) is 0.857. The summed E-state index contributed by atoms with van der Waals surface area (Å²) in [4.78, 5) is 2.69. The molecule has 2 atom stereocenters. The van der Waals surface area contributed by atoms with E-state index >= 15 is 0 Å². The van der Waals surface area contributed by atoms with Crippen molar-refractivity contribution in [3.8, 4) is 0 Å². The van der Waals surface area contributed by atoms with E-state index in [1.165, 1.54) is 32.5 Å². The maximum absolute atomic E-state index is 3.84. The number of nitrogens with one attached hydrogen (secondary N) is 1. The van der Waals surface area contributed by atoms with Gasteiger partial charge in [-0.05, 0) is 31.1 Å². The molecule has 2 nitrogen and oxygen atoms in total. The zero-order valence-electron chi connectivity index (χ0n) is 10.8. The minimum atomic E-state index is 0.718. The maximum Gasteiger partial charge on any atom is 0.0244 e. The maximum atomic E-state index is 3.84. The lowest BCUT2D eigenvalue weighted by Crippen LogP contribution is -2.58. The molecule has 0 bridgehead atoms. The van der Waals surface area contributed by atoms with Crippen molar-refractivity contribution in [2.45, 2.75) is 45.2 Å². The molecule has 2 fully saturated rings. The summed E-state index contributed by atoms with van der Waals surface area (Å²) < 4.78 is 0. The van der Waals surface area contributed by atoms with E-state index < -0.39 is 0 Å². The highest BCUT2D eigenvalue weighted by atomic mass is 15.2. The molecule has 1 saturated heterocycles. The van der Waals surface area contributed by atoms with Crippen LogP contribution in [0.3, 0.4) is 0 Å². The van der Waals surface area contributed by atoms with Crippen LogP contribution in [0, 0.1) is 11.8 Å². The van der Waals surface area contributed by atoms with Gasteiger partial charge < -0.3 is 5.32 Å². The fourth-order valence-corrected chi connectivity index (χ4v) is 2.84. The molecule has 92 valence electrons. The van der Waals surface area contributed by atoms with Crippen LogP contribution in [0.5, 0.6) is 0 Å². The third-order valence-corrected chi connectivity index (χ3v) is 4.07. The highest BCUT2D eigenvalue weighted by Crippen LogP contribution is 2.34. The van der Waals surface area contributed by atoms with Crippen LogP contribution in [0.1, 0.15) is 33.1 Å². The van der Waals surface area contributed by atoms with Gasteiger partial charge in [0.05, 0.1) is 0 Å². The molecule has 2 aliphatic rings. The van der Waals surface area contributed by atoms with Crippen molar-refractivity contribution in [2.75, 3.05) is 19.6 Å². The van der Waals surface area contributed by atoms with E-state index in [1.54, 1.807) is 0 Å². The fourth-order valence-electron chi connectivity index (χ4n) is 2.84. The van der Waals surface area contributed by atoms with Crippen LogP contribution in [-0.4, -0.2) is 36.6 Å². The number of hydrogen-bond acceptors (Lipinski definition) is 2. The number of hydrogen-bond donors (Lipinski definition) is 1. The Hall–Kier alpha value is -0.340. The van der Waals surface area contributed by atoms with Gasteiger partial charge in [-0.1, -0.05) is 19.9 Å². The Labute approximate surface area is 100 Å². The summed E-state index contributed by atoms with van der Waals surface area (Å²) in [6, 6.07) is 1.48. The lowest BCUT2D eigenvalue weighted by Gasteiger charge is -2.42. The van der Waals surface area contributed by atoms with Gasteiger partial charge in [0, 0.05) is 31.7 Å². The lowest BCUT2D eigenvalue weighted by atomic mass is 9.97. The smallest absolute Gasteiger partial charge is 0.0244 e. The highest BCUT2D eigenvalue weighted by molar-refractivity contribution is 4.95. The molecule has 0 amide bonds. The van der Waals surface area contributed by atoms with Crippen molar-refractivity contribution in [2.24, 2.45) is 11.8 Å². The number of piperazine rings is 1. The molecule has 0 spiro atoms. The van der Waals surface area contributed by atoms with E-state index in [4.69, 9.17) is 0 Å². The molecular weight excluding hydrogens is 196 g/mol. The van der Waals surface area contributed by atoms with Crippen molar-refractivity contribution >= 4 is 0 Å². The van der Waals surface area contributed by atoms with E-state index in [0.717, 1.165) is 30.3 Å². The molecule has 1 aliphatic carbocycles. The molecule has 0 aromatic carbocycles. The number of nitrogens with zero attached hydrogens (tertiary/aromatic N) is 1. The topological polar surface area (TPSA) is 15.3 Å². The van der Waals surface area contributed by atoms with Crippen molar-refractivity contribution in [3.05, 3.63) is 12.7 Å². The summed E-state index contributed by atoms with van der Waals surface area (Å²) in [5.41, 5.74) is 0. The average Bonchev–Trinajstić information content (AvgIpc) is 3.09. The summed E-state index contributed by atoms with van der Waals surface area (Å²) in [7, 11) is 0. The number of rotatable bonds is 5. The van der Waals surface area contributed by atoms with Crippen LogP contribution in [0.25, 0.3) is 0 Å². The standard InChI is InChI=1S/C14H26N2/c1-4-5-8-16-10-13(12-6-7-12)15-9-14(16)11(2)3/h4,11-15H,1,5-10H2,2-3H3. The van der Waals surface area contributed by atoms with Crippen molar-refractivity contribution in [1.29, 1.82) is 0 Å². The van der Waals surface area contributed by atoms with E-state index in [9.17, 15) is 0 Å². The van der Waals surface area contributed by atoms with Crippen LogP contribution in [0.4, 0.5) is 0 Å². The Kier molecular flexibility index (Phi) is 4.04. The SMILES string of the molecule is C=CCCN1CC(C2CC2)NCC1C(C)C. The predicted octanol–water partition coefficient (Wildman–Crippen LogP) is 2.27. The Morgan fingerprint density at radius 3 is 2.75 bits per heavy atom. The monoisotopic (exact) mass is 222 g/mol. The van der Waals surface area contributed by atoms with Gasteiger partial charge in [-0.25, -0.2) is 0 Å². The first kappa shape index (κ1) is 12.1. The molecule has 0 aromatic rings. The third kappa shape index (κ3) is 2.86. The van der Waals surface area contributed by atoms with Gasteiger partial charge in [0.1, 0.15) is 0 Å². The Balaban J connectivity index is 1.91. The van der Waals surface area contributed by atoms with Crippen LogP contribution in [0.15, 0.2) is 12.7 Å². The molecule has 1 heterocycles. The first-order valence-corrected chi connectivity index (χ1v) is 6.80. The molecule has 1 aliphatic heterocycles. The van der Waals surface area contributed by atoms with E-state index in [2.05, 4.69) is 30.6 Å². The average molecular weight is 222 g/mol. The van der Waals surface area contributed by atoms with Gasteiger partial charge in [0.2, 0.25) is 0 Å². The molecule has 16 heavy (non-hydrogen) atoms. The Morgan fingerprint density at radius 2 is 2.19 bits per heavy atom. The van der Waals surface area contributed by atoms with Crippen molar-refractivity contribution < 1.29 is 0 Å². The molecule has 2 unspecified atom stereocenters.